The summed E-state index contributed by atoms with van der Waals surface area (Å²) in [6, 6.07) is 0. The van der Waals surface area contributed by atoms with Gasteiger partial charge in [0.05, 0.1) is 0 Å². The van der Waals surface area contributed by atoms with E-state index in [1.54, 1.807) is 0 Å². The molecule has 0 aromatic rings. The maximum absolute atomic E-state index is 11.8. The molecule has 3 N–H and O–H groups in total. The summed E-state index contributed by atoms with van der Waals surface area (Å²) in [5, 5.41) is 3.03. The first-order chi connectivity index (χ1) is 10.2. The highest BCUT2D eigenvalue weighted by Crippen LogP contribution is 2.08. The molecule has 1 aliphatic rings. The molecule has 0 saturated carbocycles. The Kier molecular flexibility index (Phi) is 9.66. The van der Waals surface area contributed by atoms with Crippen LogP contribution < -0.4 is 11.1 Å². The molecule has 122 valence electrons. The minimum atomic E-state index is 0.226. The third-order valence-electron chi connectivity index (χ3n) is 3.90. The van der Waals surface area contributed by atoms with E-state index in [9.17, 15) is 4.79 Å². The van der Waals surface area contributed by atoms with Crippen LogP contribution in [-0.4, -0.2) is 42.9 Å². The van der Waals surface area contributed by atoms with E-state index in [0.717, 1.165) is 38.9 Å². The average molecular weight is 296 g/mol. The lowest BCUT2D eigenvalue weighted by Crippen LogP contribution is -2.36. The molecule has 0 unspecified atom stereocenters. The lowest BCUT2D eigenvalue weighted by atomic mass is 10.1. The largest absolute Gasteiger partial charge is 0.370 e. The second-order valence-electron chi connectivity index (χ2n) is 5.80. The molecule has 1 fully saturated rings. The highest BCUT2D eigenvalue weighted by molar-refractivity contribution is 5.80. The third-order valence-corrected chi connectivity index (χ3v) is 3.90. The van der Waals surface area contributed by atoms with Gasteiger partial charge in [-0.2, -0.15) is 0 Å². The van der Waals surface area contributed by atoms with Crippen LogP contribution in [0.15, 0.2) is 4.99 Å². The zero-order chi connectivity index (χ0) is 15.3. The smallest absolute Gasteiger partial charge is 0.224 e. The molecule has 0 radical (unpaired) electrons. The summed E-state index contributed by atoms with van der Waals surface area (Å²) in [7, 11) is 0. The van der Waals surface area contributed by atoms with Crippen LogP contribution in [0.4, 0.5) is 0 Å². The molecule has 0 aromatic carbocycles. The van der Waals surface area contributed by atoms with Crippen LogP contribution in [0.25, 0.3) is 0 Å². The zero-order valence-corrected chi connectivity index (χ0v) is 13.6. The number of aliphatic imine (C=N–C) groups is 1. The summed E-state index contributed by atoms with van der Waals surface area (Å²) < 4.78 is 0. The molecule has 21 heavy (non-hydrogen) atoms. The van der Waals surface area contributed by atoms with E-state index < -0.39 is 0 Å². The van der Waals surface area contributed by atoms with Gasteiger partial charge in [0.2, 0.25) is 5.91 Å². The van der Waals surface area contributed by atoms with E-state index in [1.807, 2.05) is 4.90 Å². The Balaban J connectivity index is 1.98. The van der Waals surface area contributed by atoms with E-state index in [0.29, 0.717) is 18.9 Å². The van der Waals surface area contributed by atoms with Crippen LogP contribution in [0.3, 0.4) is 0 Å². The average Bonchev–Trinajstić information content (AvgIpc) is 3.00. The topological polar surface area (TPSA) is 70.7 Å². The van der Waals surface area contributed by atoms with Gasteiger partial charge >= 0.3 is 0 Å². The Morgan fingerprint density at radius 3 is 2.52 bits per heavy atom. The fourth-order valence-corrected chi connectivity index (χ4v) is 2.57. The normalized spacial score (nSPS) is 15.5. The Morgan fingerprint density at radius 2 is 1.81 bits per heavy atom. The standard InChI is InChI=1S/C16H32N4O/c1-2-3-4-5-6-7-11-18-16(17)19-12-10-15(21)20-13-8-9-14-20/h2-14H2,1H3,(H3,17,18,19). The Morgan fingerprint density at radius 1 is 1.14 bits per heavy atom. The highest BCUT2D eigenvalue weighted by atomic mass is 16.2. The minimum Gasteiger partial charge on any atom is -0.370 e. The number of hydrogen-bond donors (Lipinski definition) is 2. The van der Waals surface area contributed by atoms with E-state index in [4.69, 9.17) is 5.73 Å². The van der Waals surface area contributed by atoms with Gasteiger partial charge in [-0.3, -0.25) is 9.79 Å². The summed E-state index contributed by atoms with van der Waals surface area (Å²) >= 11 is 0. The van der Waals surface area contributed by atoms with Crippen LogP contribution in [0, 0.1) is 0 Å². The molecule has 1 rings (SSSR count). The van der Waals surface area contributed by atoms with Crippen LogP contribution in [0.5, 0.6) is 0 Å². The second-order valence-corrected chi connectivity index (χ2v) is 5.80. The molecule has 5 heteroatoms. The number of unbranched alkanes of at least 4 members (excludes halogenated alkanes) is 5. The van der Waals surface area contributed by atoms with Crippen LogP contribution in [0.2, 0.25) is 0 Å². The monoisotopic (exact) mass is 296 g/mol. The van der Waals surface area contributed by atoms with Gasteiger partial charge in [-0.05, 0) is 19.3 Å². The van der Waals surface area contributed by atoms with Gasteiger partial charge in [-0.15, -0.1) is 0 Å². The van der Waals surface area contributed by atoms with E-state index in [1.165, 1.54) is 32.1 Å². The number of carbonyl (C=O) groups excluding carboxylic acids is 1. The predicted octanol–water partition coefficient (Wildman–Crippen LogP) is 2.26. The van der Waals surface area contributed by atoms with E-state index >= 15 is 0 Å². The lowest BCUT2D eigenvalue weighted by molar-refractivity contribution is -0.129. The Labute approximate surface area is 129 Å². The van der Waals surface area contributed by atoms with Crippen LogP contribution in [0.1, 0.15) is 64.7 Å². The number of nitrogens with zero attached hydrogens (tertiary/aromatic N) is 2. The molecule has 0 aliphatic carbocycles. The van der Waals surface area contributed by atoms with Crippen molar-refractivity contribution >= 4 is 11.9 Å². The first kappa shape index (κ1) is 17.8. The fourth-order valence-electron chi connectivity index (χ4n) is 2.57. The number of rotatable bonds is 10. The maximum atomic E-state index is 11.8. The van der Waals surface area contributed by atoms with Gasteiger partial charge in [-0.1, -0.05) is 39.0 Å². The van der Waals surface area contributed by atoms with E-state index in [2.05, 4.69) is 17.2 Å². The summed E-state index contributed by atoms with van der Waals surface area (Å²) in [6.07, 6.45) is 10.3. The van der Waals surface area contributed by atoms with Gasteiger partial charge < -0.3 is 16.0 Å². The molecule has 0 spiro atoms. The molecule has 1 aliphatic heterocycles. The van der Waals surface area contributed by atoms with Crippen LogP contribution >= 0.6 is 0 Å². The van der Waals surface area contributed by atoms with Gasteiger partial charge in [0.15, 0.2) is 5.96 Å². The number of guanidine groups is 1. The molecule has 1 amide bonds. The first-order valence-corrected chi connectivity index (χ1v) is 8.55. The molecule has 1 heterocycles. The van der Waals surface area contributed by atoms with Gasteiger partial charge in [0.25, 0.3) is 0 Å². The fraction of sp³-hybridized carbons (Fsp3) is 0.875. The van der Waals surface area contributed by atoms with Crippen molar-refractivity contribution < 1.29 is 4.79 Å². The summed E-state index contributed by atoms with van der Waals surface area (Å²) in [4.78, 5) is 18.0. The number of nitrogens with two attached hydrogens (primary N) is 1. The molecule has 5 nitrogen and oxygen atoms in total. The number of hydrogen-bond acceptors (Lipinski definition) is 2. The van der Waals surface area contributed by atoms with Crippen molar-refractivity contribution in [3.63, 3.8) is 0 Å². The zero-order valence-electron chi connectivity index (χ0n) is 13.6. The molecule has 0 aromatic heterocycles. The molecule has 1 saturated heterocycles. The number of amides is 1. The third kappa shape index (κ3) is 8.58. The van der Waals surface area contributed by atoms with Crippen molar-refractivity contribution in [3.05, 3.63) is 0 Å². The van der Waals surface area contributed by atoms with Crippen LogP contribution in [-0.2, 0) is 4.79 Å². The molecular weight excluding hydrogens is 264 g/mol. The minimum absolute atomic E-state index is 0.226. The number of likely N-dealkylation sites (tertiary alicyclic amines) is 1. The van der Waals surface area contributed by atoms with Gasteiger partial charge in [-0.25, -0.2) is 0 Å². The summed E-state index contributed by atoms with van der Waals surface area (Å²) in [6.45, 7) is 5.43. The van der Waals surface area contributed by atoms with Crippen molar-refractivity contribution in [1.29, 1.82) is 0 Å². The van der Waals surface area contributed by atoms with Crippen molar-refractivity contribution in [2.75, 3.05) is 26.2 Å². The van der Waals surface area contributed by atoms with Crippen molar-refractivity contribution in [1.82, 2.24) is 10.2 Å². The SMILES string of the molecule is CCCCCCCCN=C(N)NCCC(=O)N1CCCC1. The Bertz CT molecular complexity index is 311. The summed E-state index contributed by atoms with van der Waals surface area (Å²) in [5.74, 6) is 0.696. The predicted molar refractivity (Wildman–Crippen MR) is 88.3 cm³/mol. The van der Waals surface area contributed by atoms with E-state index in [-0.39, 0.29) is 5.91 Å². The number of nitrogens with one attached hydrogen (secondary N) is 1. The summed E-state index contributed by atoms with van der Waals surface area (Å²) in [5.41, 5.74) is 5.79. The molecule has 0 atom stereocenters. The van der Waals surface area contributed by atoms with Crippen molar-refractivity contribution in [2.45, 2.75) is 64.7 Å². The maximum Gasteiger partial charge on any atom is 0.224 e. The lowest BCUT2D eigenvalue weighted by Gasteiger charge is -2.15. The number of carbonyl (C=O) groups is 1. The highest BCUT2D eigenvalue weighted by Gasteiger charge is 2.16. The van der Waals surface area contributed by atoms with Gasteiger partial charge in [0.1, 0.15) is 0 Å². The Hall–Kier alpha value is -1.26. The second kappa shape index (κ2) is 11.4. The molecule has 0 bridgehead atoms. The van der Waals surface area contributed by atoms with Crippen molar-refractivity contribution in [3.8, 4) is 0 Å². The van der Waals surface area contributed by atoms with Gasteiger partial charge in [0, 0.05) is 32.6 Å². The molecular formula is C16H32N4O. The quantitative estimate of drug-likeness (QED) is 0.369. The van der Waals surface area contributed by atoms with Crippen molar-refractivity contribution in [2.24, 2.45) is 10.7 Å². The first-order valence-electron chi connectivity index (χ1n) is 8.55.